The van der Waals surface area contributed by atoms with E-state index in [1.807, 2.05) is 31.2 Å². The average Bonchev–Trinajstić information content (AvgIpc) is 3.45. The van der Waals surface area contributed by atoms with Gasteiger partial charge in [0, 0.05) is 18.5 Å². The molecule has 0 fully saturated rings. The first-order valence-electron chi connectivity index (χ1n) is 9.31. The van der Waals surface area contributed by atoms with E-state index in [0.717, 1.165) is 11.3 Å². The number of nitrogens with zero attached hydrogens (tertiary/aromatic N) is 6. The summed E-state index contributed by atoms with van der Waals surface area (Å²) in [4.78, 5) is 38.6. The summed E-state index contributed by atoms with van der Waals surface area (Å²) in [5.41, 5.74) is 2.64. The summed E-state index contributed by atoms with van der Waals surface area (Å²) >= 11 is 1.31. The minimum Gasteiger partial charge on any atom is -0.456 e. The van der Waals surface area contributed by atoms with Crippen molar-refractivity contribution in [2.75, 3.05) is 4.90 Å². The molecule has 0 aliphatic heterocycles. The molecule has 10 heteroatoms. The van der Waals surface area contributed by atoms with Crippen LogP contribution in [0.2, 0.25) is 0 Å². The summed E-state index contributed by atoms with van der Waals surface area (Å²) in [6.07, 6.45) is 4.33. The molecule has 0 N–H and O–H groups in total. The molecule has 4 rings (SSSR count). The molecule has 31 heavy (non-hydrogen) atoms. The van der Waals surface area contributed by atoms with Crippen molar-refractivity contribution < 1.29 is 14.3 Å². The number of hydrogen-bond acceptors (Lipinski definition) is 8. The summed E-state index contributed by atoms with van der Waals surface area (Å²) < 4.78 is 6.84. The Hall–Kier alpha value is -3.92. The minimum atomic E-state index is -0.519. The van der Waals surface area contributed by atoms with Crippen molar-refractivity contribution >= 4 is 34.0 Å². The van der Waals surface area contributed by atoms with Gasteiger partial charge >= 0.3 is 5.97 Å². The predicted molar refractivity (Wildman–Crippen MR) is 114 cm³/mol. The maximum atomic E-state index is 12.3. The van der Waals surface area contributed by atoms with Crippen molar-refractivity contribution in [3.8, 4) is 5.82 Å². The Bertz CT molecular complexity index is 1200. The Morgan fingerprint density at radius 3 is 2.77 bits per heavy atom. The van der Waals surface area contributed by atoms with Gasteiger partial charge in [-0.3, -0.25) is 9.69 Å². The monoisotopic (exact) mass is 434 g/mol. The third kappa shape index (κ3) is 4.64. The summed E-state index contributed by atoms with van der Waals surface area (Å²) in [6, 6.07) is 10.9. The highest BCUT2D eigenvalue weighted by Gasteiger charge is 2.19. The zero-order valence-corrected chi connectivity index (χ0v) is 17.6. The number of esters is 1. The molecule has 0 spiro atoms. The van der Waals surface area contributed by atoms with Gasteiger partial charge in [0.15, 0.2) is 10.9 Å². The number of hydrogen-bond donors (Lipinski definition) is 0. The van der Waals surface area contributed by atoms with Crippen LogP contribution in [0, 0.1) is 6.92 Å². The zero-order valence-electron chi connectivity index (χ0n) is 16.8. The number of pyridine rings is 1. The van der Waals surface area contributed by atoms with Crippen LogP contribution in [0.3, 0.4) is 0 Å². The number of aryl methyl sites for hydroxylation is 1. The lowest BCUT2D eigenvalue weighted by atomic mass is 10.2. The Morgan fingerprint density at radius 2 is 2.10 bits per heavy atom. The molecule has 0 saturated heterocycles. The van der Waals surface area contributed by atoms with Crippen molar-refractivity contribution in [2.24, 2.45) is 0 Å². The first-order chi connectivity index (χ1) is 15.0. The first kappa shape index (κ1) is 20.4. The van der Waals surface area contributed by atoms with Gasteiger partial charge in [0.05, 0.1) is 16.9 Å². The lowest BCUT2D eigenvalue weighted by Gasteiger charge is -2.18. The SMILES string of the molecule is CC(=O)N(c1cccc(C)c1)c1nc(COC(=O)c2ccc(-n3cncn3)nc2)cs1. The number of thiazole rings is 1. The number of benzene rings is 1. The van der Waals surface area contributed by atoms with Crippen LogP contribution in [0.15, 0.2) is 60.6 Å². The molecule has 0 atom stereocenters. The molecular weight excluding hydrogens is 416 g/mol. The zero-order chi connectivity index (χ0) is 21.8. The highest BCUT2D eigenvalue weighted by atomic mass is 32.1. The number of rotatable bonds is 6. The fourth-order valence-electron chi connectivity index (χ4n) is 2.85. The molecule has 0 radical (unpaired) electrons. The number of anilines is 2. The van der Waals surface area contributed by atoms with Gasteiger partial charge in [-0.15, -0.1) is 11.3 Å². The molecule has 9 nitrogen and oxygen atoms in total. The molecule has 0 saturated carbocycles. The largest absolute Gasteiger partial charge is 0.456 e. The first-order valence-corrected chi connectivity index (χ1v) is 10.2. The van der Waals surface area contributed by atoms with Crippen molar-refractivity contribution in [2.45, 2.75) is 20.5 Å². The molecule has 3 heterocycles. The van der Waals surface area contributed by atoms with Crippen molar-refractivity contribution in [3.63, 3.8) is 0 Å². The highest BCUT2D eigenvalue weighted by Crippen LogP contribution is 2.29. The molecule has 1 aromatic carbocycles. The van der Waals surface area contributed by atoms with Crippen molar-refractivity contribution in [1.82, 2.24) is 24.7 Å². The van der Waals surface area contributed by atoms with E-state index in [0.29, 0.717) is 22.2 Å². The van der Waals surface area contributed by atoms with Gasteiger partial charge in [-0.2, -0.15) is 5.10 Å². The Morgan fingerprint density at radius 1 is 1.23 bits per heavy atom. The number of aromatic nitrogens is 5. The lowest BCUT2D eigenvalue weighted by molar-refractivity contribution is -0.115. The van der Waals surface area contributed by atoms with Gasteiger partial charge in [-0.1, -0.05) is 12.1 Å². The molecule has 0 aliphatic carbocycles. The van der Waals surface area contributed by atoms with E-state index in [-0.39, 0.29) is 12.5 Å². The van der Waals surface area contributed by atoms with Gasteiger partial charge in [0.1, 0.15) is 19.3 Å². The quantitative estimate of drug-likeness (QED) is 0.428. The Labute approximate surface area is 182 Å². The second kappa shape index (κ2) is 8.84. The third-order valence-corrected chi connectivity index (χ3v) is 5.17. The van der Waals surface area contributed by atoms with Crippen LogP contribution in [0.4, 0.5) is 10.8 Å². The number of ether oxygens (including phenoxy) is 1. The maximum Gasteiger partial charge on any atom is 0.340 e. The molecule has 0 aliphatic rings. The molecule has 156 valence electrons. The molecule has 0 bridgehead atoms. The van der Waals surface area contributed by atoms with Gasteiger partial charge < -0.3 is 4.74 Å². The smallest absolute Gasteiger partial charge is 0.340 e. The summed E-state index contributed by atoms with van der Waals surface area (Å²) in [7, 11) is 0. The lowest BCUT2D eigenvalue weighted by Crippen LogP contribution is -2.22. The van der Waals surface area contributed by atoms with E-state index in [2.05, 4.69) is 20.1 Å². The van der Waals surface area contributed by atoms with Crippen LogP contribution in [0.5, 0.6) is 0 Å². The van der Waals surface area contributed by atoms with E-state index in [1.165, 1.54) is 46.7 Å². The minimum absolute atomic E-state index is 0.0142. The van der Waals surface area contributed by atoms with Gasteiger partial charge in [0.2, 0.25) is 5.91 Å². The van der Waals surface area contributed by atoms with Crippen LogP contribution in [-0.4, -0.2) is 36.6 Å². The molecule has 1 amide bonds. The highest BCUT2D eigenvalue weighted by molar-refractivity contribution is 7.14. The second-order valence-corrected chi connectivity index (χ2v) is 7.47. The van der Waals surface area contributed by atoms with Gasteiger partial charge in [-0.05, 0) is 36.8 Å². The van der Waals surface area contributed by atoms with Crippen molar-refractivity contribution in [3.05, 3.63) is 77.5 Å². The standard InChI is InChI=1S/C21H18N6O3S/c1-14-4-3-5-18(8-14)27(15(2)28)21-25-17(11-31-21)10-30-20(29)16-6-7-19(23-9-16)26-13-22-12-24-26/h3-9,11-13H,10H2,1-2H3. The molecule has 3 aromatic heterocycles. The van der Waals surface area contributed by atoms with Gasteiger partial charge in [0.25, 0.3) is 0 Å². The predicted octanol–water partition coefficient (Wildman–Crippen LogP) is 3.47. The fraction of sp³-hybridized carbons (Fsp3) is 0.143. The summed E-state index contributed by atoms with van der Waals surface area (Å²) in [5, 5.41) is 6.27. The Kier molecular flexibility index (Phi) is 5.80. The number of carbonyl (C=O) groups is 2. The molecule has 4 aromatic rings. The van der Waals surface area contributed by atoms with E-state index in [9.17, 15) is 9.59 Å². The number of carbonyl (C=O) groups excluding carboxylic acids is 2. The topological polar surface area (TPSA) is 103 Å². The molecular formula is C21H18N6O3S. The maximum absolute atomic E-state index is 12.3. The number of amides is 1. The van der Waals surface area contributed by atoms with Crippen LogP contribution < -0.4 is 4.90 Å². The van der Waals surface area contributed by atoms with E-state index in [4.69, 9.17) is 4.74 Å². The summed E-state index contributed by atoms with van der Waals surface area (Å²) in [6.45, 7) is 3.43. The third-order valence-electron chi connectivity index (χ3n) is 4.29. The molecule has 0 unspecified atom stereocenters. The second-order valence-electron chi connectivity index (χ2n) is 6.64. The van der Waals surface area contributed by atoms with Crippen molar-refractivity contribution in [1.29, 1.82) is 0 Å². The average molecular weight is 434 g/mol. The normalized spacial score (nSPS) is 10.6. The van der Waals surface area contributed by atoms with E-state index in [1.54, 1.807) is 17.5 Å². The van der Waals surface area contributed by atoms with E-state index < -0.39 is 5.97 Å². The van der Waals surface area contributed by atoms with Crippen LogP contribution >= 0.6 is 11.3 Å². The van der Waals surface area contributed by atoms with Crippen LogP contribution in [0.1, 0.15) is 28.5 Å². The van der Waals surface area contributed by atoms with E-state index >= 15 is 0 Å². The van der Waals surface area contributed by atoms with Crippen LogP contribution in [0.25, 0.3) is 5.82 Å². The van der Waals surface area contributed by atoms with Gasteiger partial charge in [-0.25, -0.2) is 24.4 Å². The van der Waals surface area contributed by atoms with Crippen LogP contribution in [-0.2, 0) is 16.1 Å². The fourth-order valence-corrected chi connectivity index (χ4v) is 3.72. The summed E-state index contributed by atoms with van der Waals surface area (Å²) in [5.74, 6) is -0.130. The Balaban J connectivity index is 1.42.